The molecule has 6 unspecified atom stereocenters. The van der Waals surface area contributed by atoms with Gasteiger partial charge in [0.1, 0.15) is 12.1 Å². The molecule has 0 aliphatic heterocycles. The van der Waals surface area contributed by atoms with Crippen molar-refractivity contribution in [3.05, 3.63) is 19.6 Å². The first-order valence-corrected chi connectivity index (χ1v) is 17.2. The summed E-state index contributed by atoms with van der Waals surface area (Å²) in [6.07, 6.45) is 12.5. The maximum Gasteiger partial charge on any atom is 0.475 e. The third-order valence-corrected chi connectivity index (χ3v) is 7.24. The van der Waals surface area contributed by atoms with E-state index < -0.39 is 65.0 Å². The van der Waals surface area contributed by atoms with E-state index in [1.54, 1.807) is 13.8 Å². The number of carbonyl (C=O) groups is 2. The van der Waals surface area contributed by atoms with Gasteiger partial charge >= 0.3 is 15.6 Å². The first-order chi connectivity index (χ1) is 22.2. The van der Waals surface area contributed by atoms with Crippen LogP contribution in [0.2, 0.25) is 0 Å². The van der Waals surface area contributed by atoms with Gasteiger partial charge in [0.25, 0.3) is 0 Å². The van der Waals surface area contributed by atoms with Gasteiger partial charge in [-0.25, -0.2) is 9.13 Å². The normalized spacial score (nSPS) is 14.6. The molecular formula is C27H49N4O14P2UV2-3. The van der Waals surface area contributed by atoms with Crippen LogP contribution in [0.1, 0.15) is 46.5 Å². The molecule has 0 aromatic heterocycles. The Labute approximate surface area is 342 Å². The fourth-order valence-corrected chi connectivity index (χ4v) is 4.59. The Morgan fingerprint density at radius 1 is 0.860 bits per heavy atom. The smallest absolute Gasteiger partial charge is 0.475 e. The number of terminal acetylenes is 1. The quantitative estimate of drug-likeness (QED) is 0.0190. The molecule has 0 bridgehead atoms. The molecule has 0 aromatic carbocycles. The average molecular weight is 1060 g/mol. The number of hydrogen-bond donors (Lipinski definition) is 7. The van der Waals surface area contributed by atoms with E-state index in [2.05, 4.69) is 51.3 Å². The Bertz CT molecular complexity index is 1000. The summed E-state index contributed by atoms with van der Waals surface area (Å²) in [5.41, 5.74) is 0. The topological polar surface area (TPSA) is 257 Å². The molecule has 0 saturated carbocycles. The van der Waals surface area contributed by atoms with Crippen molar-refractivity contribution in [2.24, 2.45) is 0 Å². The molecule has 50 heavy (non-hydrogen) atoms. The van der Waals surface area contributed by atoms with Gasteiger partial charge in [0.2, 0.25) is 11.8 Å². The number of hydrogen-bond acceptors (Lipinski definition) is 13. The van der Waals surface area contributed by atoms with Gasteiger partial charge in [-0.2, -0.15) is 19.2 Å². The fraction of sp³-hybridized carbons (Fsp3) is 0.667. The van der Waals surface area contributed by atoms with E-state index in [1.165, 1.54) is 18.9 Å². The van der Waals surface area contributed by atoms with Crippen LogP contribution in [0.5, 0.6) is 0 Å². The third-order valence-electron chi connectivity index (χ3n) is 4.83. The maximum absolute atomic E-state index is 12.4. The molecule has 0 aliphatic carbocycles. The van der Waals surface area contributed by atoms with Gasteiger partial charge in [0.15, 0.2) is 0 Å². The van der Waals surface area contributed by atoms with Crippen molar-refractivity contribution in [2.45, 2.75) is 70.7 Å². The molecule has 23 heteroatoms. The first kappa shape index (κ1) is 61.6. The SMILES string of the molecule is C#C.C=CCOP(=O)(OCCC)OCC(N[C-]=O)C(=O)NCCC(C)O.[CH2-]CCOP(=O)(O)OCC(N[C-]=O)C(=O)NCCC(C)O.[U].[V].[V]. The minimum absolute atomic E-state index is 0. The minimum Gasteiger partial charge on any atom is -0.520 e. The van der Waals surface area contributed by atoms with E-state index in [1.807, 2.05) is 12.2 Å². The van der Waals surface area contributed by atoms with E-state index in [-0.39, 0.29) is 108 Å². The van der Waals surface area contributed by atoms with Gasteiger partial charge in [-0.15, -0.1) is 19.4 Å². The molecule has 18 nitrogen and oxygen atoms in total. The summed E-state index contributed by atoms with van der Waals surface area (Å²) in [4.78, 5) is 53.8. The number of amides is 4. The zero-order chi connectivity index (χ0) is 36.7. The third kappa shape index (κ3) is 37.3. The minimum atomic E-state index is -4.30. The number of phosphoric acid groups is 2. The van der Waals surface area contributed by atoms with Crippen molar-refractivity contribution < 1.29 is 134 Å². The fourth-order valence-electron chi connectivity index (χ4n) is 2.57. The Balaban J connectivity index is -0.000000175. The molecule has 7 N–H and O–H groups in total. The van der Waals surface area contributed by atoms with Crippen molar-refractivity contribution in [1.82, 2.24) is 21.3 Å². The van der Waals surface area contributed by atoms with Crippen LogP contribution in [0.15, 0.2) is 12.7 Å². The Hall–Kier alpha value is -0.459. The second-order valence-corrected chi connectivity index (χ2v) is 12.2. The van der Waals surface area contributed by atoms with E-state index in [0.29, 0.717) is 19.3 Å². The van der Waals surface area contributed by atoms with Crippen LogP contribution in [0.4, 0.5) is 0 Å². The first-order valence-electron chi connectivity index (χ1n) is 14.3. The monoisotopic (exact) mass is 1060 g/mol. The van der Waals surface area contributed by atoms with Gasteiger partial charge in [-0.05, 0) is 33.1 Å². The second kappa shape index (κ2) is 39.7. The summed E-state index contributed by atoms with van der Waals surface area (Å²) in [7, 11) is -8.17. The maximum atomic E-state index is 12.4. The largest absolute Gasteiger partial charge is 0.520 e. The number of nitrogens with one attached hydrogen (secondary N) is 4. The molecular weight excluding hydrogens is 1010 g/mol. The van der Waals surface area contributed by atoms with Gasteiger partial charge < -0.3 is 52.9 Å². The molecule has 0 fully saturated rings. The Kier molecular flexibility index (Phi) is 48.9. The van der Waals surface area contributed by atoms with Gasteiger partial charge in [-0.3, -0.25) is 32.2 Å². The summed E-state index contributed by atoms with van der Waals surface area (Å²) in [5.74, 6) is -1.19. The molecule has 6 atom stereocenters. The van der Waals surface area contributed by atoms with Crippen molar-refractivity contribution in [1.29, 1.82) is 0 Å². The number of aliphatic hydroxyl groups excluding tert-OH is 2. The van der Waals surface area contributed by atoms with E-state index >= 15 is 0 Å². The summed E-state index contributed by atoms with van der Waals surface area (Å²) >= 11 is 0. The average Bonchev–Trinajstić information content (AvgIpc) is 3.03. The number of carbonyl (C=O) groups excluding carboxylic acids is 4. The van der Waals surface area contributed by atoms with E-state index in [9.17, 15) is 33.2 Å². The molecule has 2 radical (unpaired) electrons. The number of aliphatic hydroxyl groups is 2. The molecule has 0 aromatic rings. The molecule has 0 spiro atoms. The van der Waals surface area contributed by atoms with Crippen LogP contribution in [0.25, 0.3) is 0 Å². The zero-order valence-electron chi connectivity index (χ0n) is 28.4. The van der Waals surface area contributed by atoms with E-state index in [0.717, 1.165) is 0 Å². The zero-order valence-corrected chi connectivity index (χ0v) is 37.1. The summed E-state index contributed by atoms with van der Waals surface area (Å²) < 4.78 is 48.1. The van der Waals surface area contributed by atoms with Crippen LogP contribution in [-0.2, 0) is 88.0 Å². The van der Waals surface area contributed by atoms with Crippen LogP contribution in [0, 0.1) is 50.9 Å². The summed E-state index contributed by atoms with van der Waals surface area (Å²) in [6, 6.07) is -2.32. The van der Waals surface area contributed by atoms with Crippen LogP contribution >= 0.6 is 15.6 Å². The van der Waals surface area contributed by atoms with Crippen LogP contribution in [-0.4, -0.2) is 110 Å². The Morgan fingerprint density at radius 2 is 1.30 bits per heavy atom. The predicted molar refractivity (Wildman–Crippen MR) is 171 cm³/mol. The second-order valence-electron chi connectivity index (χ2n) is 9.07. The molecule has 4 amide bonds. The van der Waals surface area contributed by atoms with Crippen LogP contribution in [0.3, 0.4) is 0 Å². The van der Waals surface area contributed by atoms with Gasteiger partial charge in [0.05, 0.1) is 38.6 Å². The van der Waals surface area contributed by atoms with Crippen molar-refractivity contribution in [2.75, 3.05) is 46.1 Å². The number of rotatable bonds is 27. The summed E-state index contributed by atoms with van der Waals surface area (Å²) in [6.45, 7) is 11.3. The molecule has 0 saturated heterocycles. The molecule has 0 heterocycles. The standard InChI is InChI=1S/C14H26N2O7P.C11H21N2O7P.C2H2.U.2V/c1-4-8-21-24(20,22-9-5-2)23-10-13(16-11-17)14(19)15-7-6-12(3)18;1-3-6-19-21(17,18)20-7-10(13-8-14)11(16)12-5-4-9(2)15;1-2;;;/h4,12-13,18H,1,5-10H2,2-3H3,(H,15,19)(H,16,17);9-10,15H,1,3-7H2,2H3,(H,12,16)(H,13,14)(H,17,18);1-2H;;;/q-1;-2;;;;. The van der Waals surface area contributed by atoms with Gasteiger partial charge in [0, 0.05) is 87.9 Å². The van der Waals surface area contributed by atoms with Gasteiger partial charge in [-0.1, -0.05) is 13.0 Å². The van der Waals surface area contributed by atoms with E-state index in [4.69, 9.17) is 23.8 Å². The van der Waals surface area contributed by atoms with Crippen molar-refractivity contribution in [3.8, 4) is 12.8 Å². The summed E-state index contributed by atoms with van der Waals surface area (Å²) in [5, 5.41) is 27.3. The van der Waals surface area contributed by atoms with Crippen LogP contribution < -0.4 is 21.3 Å². The number of phosphoric ester groups is 2. The predicted octanol–water partition coefficient (Wildman–Crippen LogP) is 0.154. The van der Waals surface area contributed by atoms with Crippen molar-refractivity contribution in [3.63, 3.8) is 0 Å². The van der Waals surface area contributed by atoms with Crippen molar-refractivity contribution >= 4 is 40.3 Å². The molecule has 0 rings (SSSR count). The molecule has 288 valence electrons. The molecule has 0 aliphatic rings. The Morgan fingerprint density at radius 3 is 1.66 bits per heavy atom.